The summed E-state index contributed by atoms with van der Waals surface area (Å²) in [6.07, 6.45) is 0.764. The van der Waals surface area contributed by atoms with Crippen molar-refractivity contribution in [3.05, 3.63) is 68.9 Å². The molecule has 0 fully saturated rings. The minimum atomic E-state index is -0.424. The van der Waals surface area contributed by atoms with Crippen LogP contribution in [-0.2, 0) is 13.0 Å². The molecule has 3 aromatic rings. The van der Waals surface area contributed by atoms with Crippen molar-refractivity contribution < 1.29 is 9.13 Å². The summed E-state index contributed by atoms with van der Waals surface area (Å²) in [5.41, 5.74) is 3.45. The van der Waals surface area contributed by atoms with E-state index in [0.717, 1.165) is 23.1 Å². The van der Waals surface area contributed by atoms with E-state index in [1.807, 2.05) is 26.0 Å². The maximum absolute atomic E-state index is 13.8. The number of H-pyrrole nitrogens is 1. The molecule has 2 aromatic carbocycles. The highest BCUT2D eigenvalue weighted by Crippen LogP contribution is 2.25. The number of ether oxygens (including phenoxy) is 1. The van der Waals surface area contributed by atoms with Gasteiger partial charge in [-0.25, -0.2) is 14.3 Å². The monoisotopic (exact) mass is 342 g/mol. The highest BCUT2D eigenvalue weighted by molar-refractivity contribution is 5.45. The van der Waals surface area contributed by atoms with E-state index in [-0.39, 0.29) is 12.4 Å². The summed E-state index contributed by atoms with van der Waals surface area (Å²) in [5.74, 6) is 0.171. The fraction of sp³-hybridized carbons (Fsp3) is 0.278. The van der Waals surface area contributed by atoms with Crippen LogP contribution in [-0.4, -0.2) is 20.2 Å². The first-order chi connectivity index (χ1) is 12.0. The zero-order valence-electron chi connectivity index (χ0n) is 14.3. The summed E-state index contributed by atoms with van der Waals surface area (Å²) in [6.45, 7) is 5.80. The second-order valence-electron chi connectivity index (χ2n) is 5.84. The molecule has 0 aliphatic carbocycles. The second kappa shape index (κ2) is 6.88. The van der Waals surface area contributed by atoms with Crippen molar-refractivity contribution in [2.24, 2.45) is 0 Å². The lowest BCUT2D eigenvalue weighted by Crippen LogP contribution is -2.19. The summed E-state index contributed by atoms with van der Waals surface area (Å²) in [7, 11) is 0. The SMILES string of the molecule is CCc1cccc(-n2nn[nH]c2=O)c1COc1cc(F)c(C)cc1C. The van der Waals surface area contributed by atoms with Gasteiger partial charge in [-0.1, -0.05) is 19.1 Å². The first kappa shape index (κ1) is 16.9. The Morgan fingerprint density at radius 3 is 2.72 bits per heavy atom. The Kier molecular flexibility index (Phi) is 4.65. The summed E-state index contributed by atoms with van der Waals surface area (Å²) in [6, 6.07) is 8.75. The van der Waals surface area contributed by atoms with Crippen LogP contribution in [0.25, 0.3) is 5.69 Å². The number of aromatic amines is 1. The second-order valence-corrected chi connectivity index (χ2v) is 5.84. The quantitative estimate of drug-likeness (QED) is 0.774. The predicted molar refractivity (Wildman–Crippen MR) is 91.6 cm³/mol. The molecule has 7 heteroatoms. The third-order valence-electron chi connectivity index (χ3n) is 4.16. The molecule has 0 saturated heterocycles. The predicted octanol–water partition coefficient (Wildman–Crippen LogP) is 2.85. The van der Waals surface area contributed by atoms with Gasteiger partial charge in [0.2, 0.25) is 0 Å². The summed E-state index contributed by atoms with van der Waals surface area (Å²) in [4.78, 5) is 11.9. The minimum Gasteiger partial charge on any atom is -0.488 e. The van der Waals surface area contributed by atoms with E-state index in [0.29, 0.717) is 17.0 Å². The van der Waals surface area contributed by atoms with Crippen molar-refractivity contribution in [1.82, 2.24) is 20.2 Å². The molecule has 0 radical (unpaired) electrons. The molecule has 0 aliphatic heterocycles. The normalized spacial score (nSPS) is 10.9. The van der Waals surface area contributed by atoms with Gasteiger partial charge in [-0.3, -0.25) is 0 Å². The lowest BCUT2D eigenvalue weighted by atomic mass is 10.0. The number of hydrogen-bond donors (Lipinski definition) is 1. The maximum Gasteiger partial charge on any atom is 0.365 e. The van der Waals surface area contributed by atoms with Crippen molar-refractivity contribution in [2.45, 2.75) is 33.8 Å². The van der Waals surface area contributed by atoms with Gasteiger partial charge in [0.15, 0.2) is 0 Å². The van der Waals surface area contributed by atoms with E-state index >= 15 is 0 Å². The fourth-order valence-electron chi connectivity index (χ4n) is 2.79. The number of rotatable bonds is 5. The van der Waals surface area contributed by atoms with Crippen LogP contribution in [0, 0.1) is 19.7 Å². The van der Waals surface area contributed by atoms with Crippen LogP contribution in [0.5, 0.6) is 5.75 Å². The maximum atomic E-state index is 13.8. The van der Waals surface area contributed by atoms with Crippen molar-refractivity contribution in [1.29, 1.82) is 0 Å². The molecule has 0 spiro atoms. The summed E-state index contributed by atoms with van der Waals surface area (Å²) in [5, 5.41) is 9.62. The van der Waals surface area contributed by atoms with Gasteiger partial charge < -0.3 is 4.74 Å². The topological polar surface area (TPSA) is 72.8 Å². The van der Waals surface area contributed by atoms with Gasteiger partial charge in [0, 0.05) is 11.6 Å². The van der Waals surface area contributed by atoms with Crippen LogP contribution in [0.3, 0.4) is 0 Å². The third-order valence-corrected chi connectivity index (χ3v) is 4.16. The molecule has 130 valence electrons. The lowest BCUT2D eigenvalue weighted by Gasteiger charge is -2.15. The van der Waals surface area contributed by atoms with Crippen LogP contribution in [0.15, 0.2) is 35.1 Å². The molecule has 3 rings (SSSR count). The third kappa shape index (κ3) is 3.31. The van der Waals surface area contributed by atoms with E-state index in [9.17, 15) is 9.18 Å². The van der Waals surface area contributed by atoms with E-state index in [2.05, 4.69) is 15.5 Å². The van der Waals surface area contributed by atoms with Crippen LogP contribution in [0.2, 0.25) is 0 Å². The number of benzene rings is 2. The van der Waals surface area contributed by atoms with Gasteiger partial charge in [-0.15, -0.1) is 0 Å². The lowest BCUT2D eigenvalue weighted by molar-refractivity contribution is 0.300. The number of aromatic nitrogens is 4. The molecule has 1 heterocycles. The number of tetrazole rings is 1. The Morgan fingerprint density at radius 2 is 2.04 bits per heavy atom. The fourth-order valence-corrected chi connectivity index (χ4v) is 2.79. The number of nitrogens with zero attached hydrogens (tertiary/aromatic N) is 3. The van der Waals surface area contributed by atoms with Crippen LogP contribution < -0.4 is 10.4 Å². The van der Waals surface area contributed by atoms with E-state index in [1.165, 1.54) is 10.7 Å². The smallest absolute Gasteiger partial charge is 0.365 e. The molecule has 6 nitrogen and oxygen atoms in total. The van der Waals surface area contributed by atoms with Crippen molar-refractivity contribution in [3.8, 4) is 11.4 Å². The molecule has 0 amide bonds. The average Bonchev–Trinajstić information content (AvgIpc) is 3.02. The van der Waals surface area contributed by atoms with E-state index in [4.69, 9.17) is 4.74 Å². The average molecular weight is 342 g/mol. The molecule has 0 atom stereocenters. The Hall–Kier alpha value is -2.96. The number of aryl methyl sites for hydroxylation is 3. The standard InChI is InChI=1S/C18H19FN4O2/c1-4-13-6-5-7-16(23-18(24)20-21-22-23)14(13)10-25-17-9-15(19)11(2)8-12(17)3/h5-9H,4,10H2,1-3H3,(H,20,22,24). The van der Waals surface area contributed by atoms with Gasteiger partial charge >= 0.3 is 5.69 Å². The molecule has 1 aromatic heterocycles. The summed E-state index contributed by atoms with van der Waals surface area (Å²) < 4.78 is 20.9. The molecule has 0 saturated carbocycles. The van der Waals surface area contributed by atoms with Crippen LogP contribution in [0.4, 0.5) is 4.39 Å². The van der Waals surface area contributed by atoms with Gasteiger partial charge in [0.1, 0.15) is 18.2 Å². The van der Waals surface area contributed by atoms with E-state index < -0.39 is 5.69 Å². The van der Waals surface area contributed by atoms with Crippen molar-refractivity contribution in [2.75, 3.05) is 0 Å². The van der Waals surface area contributed by atoms with Gasteiger partial charge in [-0.2, -0.15) is 4.68 Å². The molecular weight excluding hydrogens is 323 g/mol. The number of nitrogens with one attached hydrogen (secondary N) is 1. The van der Waals surface area contributed by atoms with Gasteiger partial charge in [0.25, 0.3) is 0 Å². The first-order valence-electron chi connectivity index (χ1n) is 8.02. The van der Waals surface area contributed by atoms with Crippen LogP contribution in [0.1, 0.15) is 29.2 Å². The molecule has 1 N–H and O–H groups in total. The molecule has 0 unspecified atom stereocenters. The van der Waals surface area contributed by atoms with Gasteiger partial charge in [0.05, 0.1) is 5.69 Å². The largest absolute Gasteiger partial charge is 0.488 e. The molecule has 0 bridgehead atoms. The molecule has 25 heavy (non-hydrogen) atoms. The molecule has 0 aliphatic rings. The molecular formula is C18H19FN4O2. The number of hydrogen-bond acceptors (Lipinski definition) is 4. The summed E-state index contributed by atoms with van der Waals surface area (Å²) >= 11 is 0. The highest BCUT2D eigenvalue weighted by atomic mass is 19.1. The van der Waals surface area contributed by atoms with Crippen molar-refractivity contribution >= 4 is 0 Å². The van der Waals surface area contributed by atoms with E-state index in [1.54, 1.807) is 19.1 Å². The first-order valence-corrected chi connectivity index (χ1v) is 8.02. The Balaban J connectivity index is 1.99. The number of halogens is 1. The zero-order chi connectivity index (χ0) is 18.0. The Morgan fingerprint density at radius 1 is 1.24 bits per heavy atom. The van der Waals surface area contributed by atoms with Crippen LogP contribution >= 0.6 is 0 Å². The minimum absolute atomic E-state index is 0.196. The van der Waals surface area contributed by atoms with Crippen molar-refractivity contribution in [3.63, 3.8) is 0 Å². The van der Waals surface area contributed by atoms with Gasteiger partial charge in [-0.05, 0) is 59.5 Å². The highest BCUT2D eigenvalue weighted by Gasteiger charge is 2.14. The zero-order valence-corrected chi connectivity index (χ0v) is 14.3. The Labute approximate surface area is 144 Å². The Bertz CT molecular complexity index is 962.